The van der Waals surface area contributed by atoms with Crippen molar-refractivity contribution in [2.45, 2.75) is 59.0 Å². The average molecular weight is 643 g/mol. The first-order chi connectivity index (χ1) is 22.4. The molecule has 1 heterocycles. The fourth-order valence-corrected chi connectivity index (χ4v) is 7.00. The smallest absolute Gasteiger partial charge is 0.262 e. The highest BCUT2D eigenvalue weighted by Gasteiger charge is 2.43. The molecular formula is C37H43FN4O5. The van der Waals surface area contributed by atoms with E-state index < -0.39 is 17.6 Å². The highest BCUT2D eigenvalue weighted by atomic mass is 19.1. The summed E-state index contributed by atoms with van der Waals surface area (Å²) >= 11 is 0. The molecule has 3 aromatic rings. The van der Waals surface area contributed by atoms with Crippen molar-refractivity contribution in [3.8, 4) is 11.5 Å². The molecule has 0 radical (unpaired) electrons. The third-order valence-corrected chi connectivity index (χ3v) is 9.91. The minimum Gasteiger partial charge on any atom is -0.457 e. The summed E-state index contributed by atoms with van der Waals surface area (Å²) in [5, 5.41) is 15.6. The van der Waals surface area contributed by atoms with E-state index in [0.29, 0.717) is 64.3 Å². The van der Waals surface area contributed by atoms with Crippen LogP contribution in [-0.2, 0) is 14.4 Å². The Morgan fingerprint density at radius 2 is 1.66 bits per heavy atom. The molecule has 47 heavy (non-hydrogen) atoms. The van der Waals surface area contributed by atoms with Crippen molar-refractivity contribution in [3.63, 3.8) is 0 Å². The molecule has 0 bridgehead atoms. The normalized spacial score (nSPS) is 21.3. The molecular weight excluding hydrogens is 599 g/mol. The molecule has 2 saturated carbocycles. The van der Waals surface area contributed by atoms with Gasteiger partial charge in [-0.2, -0.15) is 0 Å². The summed E-state index contributed by atoms with van der Waals surface area (Å²) in [5.74, 6) is 2.06. The molecule has 3 N–H and O–H groups in total. The average Bonchev–Trinajstić information content (AvgIpc) is 3.59. The lowest BCUT2D eigenvalue weighted by atomic mass is 9.80. The van der Waals surface area contributed by atoms with Gasteiger partial charge in [-0.25, -0.2) is 9.37 Å². The van der Waals surface area contributed by atoms with Crippen LogP contribution in [0.4, 0.5) is 21.6 Å². The van der Waals surface area contributed by atoms with Gasteiger partial charge in [0, 0.05) is 37.1 Å². The van der Waals surface area contributed by atoms with Gasteiger partial charge < -0.3 is 25.4 Å². The van der Waals surface area contributed by atoms with Crippen LogP contribution in [-0.4, -0.2) is 41.0 Å². The van der Waals surface area contributed by atoms with Crippen molar-refractivity contribution in [1.29, 1.82) is 0 Å². The predicted molar refractivity (Wildman–Crippen MR) is 180 cm³/mol. The van der Waals surface area contributed by atoms with Gasteiger partial charge in [-0.1, -0.05) is 20.4 Å². The van der Waals surface area contributed by atoms with Crippen LogP contribution >= 0.6 is 0 Å². The van der Waals surface area contributed by atoms with Gasteiger partial charge in [0.1, 0.15) is 23.1 Å². The number of amides is 3. The van der Waals surface area contributed by atoms with E-state index >= 15 is 0 Å². The zero-order chi connectivity index (χ0) is 33.8. The van der Waals surface area contributed by atoms with Gasteiger partial charge >= 0.3 is 0 Å². The van der Waals surface area contributed by atoms with Gasteiger partial charge in [0.25, 0.3) is 11.8 Å². The first kappa shape index (κ1) is 33.8. The molecule has 0 saturated heterocycles. The molecule has 4 unspecified atom stereocenters. The summed E-state index contributed by atoms with van der Waals surface area (Å²) in [6.45, 7) is 9.83. The minimum atomic E-state index is -0.662. The number of pyridine rings is 1. The molecule has 4 atom stereocenters. The number of aliphatic hydroxyl groups excluding tert-OH is 1. The number of likely N-dealkylation sites (N-methyl/N-ethyl adjacent to an activating group) is 1. The lowest BCUT2D eigenvalue weighted by Gasteiger charge is -2.26. The van der Waals surface area contributed by atoms with Crippen LogP contribution in [0, 0.1) is 42.3 Å². The summed E-state index contributed by atoms with van der Waals surface area (Å²) in [4.78, 5) is 44.1. The van der Waals surface area contributed by atoms with Gasteiger partial charge in [0.05, 0.1) is 11.7 Å². The second-order valence-corrected chi connectivity index (χ2v) is 13.2. The number of aromatic nitrogens is 1. The van der Waals surface area contributed by atoms with Gasteiger partial charge in [-0.3, -0.25) is 14.4 Å². The predicted octanol–water partition coefficient (Wildman–Crippen LogP) is 6.88. The Balaban J connectivity index is 1.12. The second-order valence-electron chi connectivity index (χ2n) is 13.2. The first-order valence-electron chi connectivity index (χ1n) is 16.1. The van der Waals surface area contributed by atoms with Crippen molar-refractivity contribution in [1.82, 2.24) is 4.98 Å². The van der Waals surface area contributed by atoms with Gasteiger partial charge in [0.15, 0.2) is 0 Å². The summed E-state index contributed by atoms with van der Waals surface area (Å²) < 4.78 is 19.3. The Morgan fingerprint density at radius 1 is 1.00 bits per heavy atom. The van der Waals surface area contributed by atoms with Crippen molar-refractivity contribution >= 4 is 34.9 Å². The monoisotopic (exact) mass is 642 g/mol. The van der Waals surface area contributed by atoms with Crippen LogP contribution in [0.3, 0.4) is 0 Å². The molecule has 5 rings (SSSR count). The van der Waals surface area contributed by atoms with E-state index in [2.05, 4.69) is 36.0 Å². The Labute approximate surface area is 275 Å². The highest BCUT2D eigenvalue weighted by Crippen LogP contribution is 2.50. The van der Waals surface area contributed by atoms with E-state index in [0.717, 1.165) is 25.7 Å². The first-order valence-corrected chi connectivity index (χ1v) is 16.1. The molecule has 2 fully saturated rings. The molecule has 9 nitrogen and oxygen atoms in total. The number of anilines is 3. The fourth-order valence-electron chi connectivity index (χ4n) is 7.00. The van der Waals surface area contributed by atoms with Crippen molar-refractivity contribution < 1.29 is 28.6 Å². The van der Waals surface area contributed by atoms with Crippen LogP contribution in [0.2, 0.25) is 0 Å². The van der Waals surface area contributed by atoms with E-state index in [1.54, 1.807) is 43.5 Å². The zero-order valence-corrected chi connectivity index (χ0v) is 27.3. The van der Waals surface area contributed by atoms with E-state index in [1.165, 1.54) is 36.2 Å². The number of aryl methyl sites for hydroxylation is 1. The number of ether oxygens (including phenoxy) is 1. The number of nitrogens with one attached hydrogen (secondary N) is 2. The van der Waals surface area contributed by atoms with E-state index in [9.17, 15) is 23.9 Å². The van der Waals surface area contributed by atoms with Crippen molar-refractivity contribution in [2.24, 2.45) is 29.6 Å². The van der Waals surface area contributed by atoms with Crippen molar-refractivity contribution in [3.05, 3.63) is 84.3 Å². The Hall–Kier alpha value is -4.57. The van der Waals surface area contributed by atoms with Gasteiger partial charge in [-0.05, 0) is 116 Å². The van der Waals surface area contributed by atoms with Crippen LogP contribution in [0.5, 0.6) is 11.5 Å². The quantitative estimate of drug-likeness (QED) is 0.119. The topological polar surface area (TPSA) is 121 Å². The summed E-state index contributed by atoms with van der Waals surface area (Å²) in [6.07, 6.45) is 5.96. The number of fused-ring (bicyclic) bond motifs is 1. The van der Waals surface area contributed by atoms with Gasteiger partial charge in [0.2, 0.25) is 5.91 Å². The van der Waals surface area contributed by atoms with E-state index in [4.69, 9.17) is 4.74 Å². The number of nitrogens with zero attached hydrogens (tertiary/aromatic N) is 2. The standard InChI is InChI=1S/C37H43FN4O5/c1-21(23(3)25-16-26-18-30(43)19-27(26)17-25)15-35(44)41-34-20-32(12-13-39-34)47-31-10-11-33(22(2)14-31)40-36(45)24(4)37(46)42(5)29-8-6-28(38)7-9-29/h6-14,20-21,23,25-27,30,43H,4,15-19H2,1-3,5H3,(H,40,45)(H,39,41,44). The highest BCUT2D eigenvalue weighted by molar-refractivity contribution is 6.26. The number of hydrogen-bond acceptors (Lipinski definition) is 6. The molecule has 2 aromatic carbocycles. The number of hydrogen-bond donors (Lipinski definition) is 3. The second kappa shape index (κ2) is 14.5. The maximum atomic E-state index is 13.2. The number of carbonyl (C=O) groups excluding carboxylic acids is 3. The number of benzene rings is 2. The Kier molecular flexibility index (Phi) is 10.4. The van der Waals surface area contributed by atoms with Crippen LogP contribution in [0.25, 0.3) is 0 Å². The number of rotatable bonds is 11. The number of halogens is 1. The molecule has 1 aromatic heterocycles. The lowest BCUT2D eigenvalue weighted by molar-refractivity contribution is -0.120. The summed E-state index contributed by atoms with van der Waals surface area (Å²) in [5.41, 5.74) is 1.32. The summed E-state index contributed by atoms with van der Waals surface area (Å²) in [6, 6.07) is 13.8. The zero-order valence-electron chi connectivity index (χ0n) is 27.3. The van der Waals surface area contributed by atoms with E-state index in [-0.39, 0.29) is 23.5 Å². The summed E-state index contributed by atoms with van der Waals surface area (Å²) in [7, 11) is 1.48. The van der Waals surface area contributed by atoms with Crippen LogP contribution < -0.4 is 20.3 Å². The number of carbonyl (C=O) groups is 3. The van der Waals surface area contributed by atoms with Crippen LogP contribution in [0.15, 0.2) is 72.9 Å². The van der Waals surface area contributed by atoms with E-state index in [1.807, 2.05) is 0 Å². The maximum Gasteiger partial charge on any atom is 0.262 e. The largest absolute Gasteiger partial charge is 0.457 e. The lowest BCUT2D eigenvalue weighted by Crippen LogP contribution is -2.32. The molecule has 248 valence electrons. The Morgan fingerprint density at radius 3 is 2.32 bits per heavy atom. The molecule has 2 aliphatic rings. The van der Waals surface area contributed by atoms with Crippen LogP contribution in [0.1, 0.15) is 51.5 Å². The fraction of sp³-hybridized carbons (Fsp3) is 0.405. The third kappa shape index (κ3) is 8.24. The molecule has 2 aliphatic carbocycles. The molecule has 10 heteroatoms. The third-order valence-electron chi connectivity index (χ3n) is 9.91. The molecule has 3 amide bonds. The van der Waals surface area contributed by atoms with Gasteiger partial charge in [-0.15, -0.1) is 0 Å². The Bertz CT molecular complexity index is 1630. The molecule has 0 aliphatic heterocycles. The number of aliphatic hydroxyl groups is 1. The minimum absolute atomic E-state index is 0.0949. The maximum absolute atomic E-state index is 13.2. The van der Waals surface area contributed by atoms with Crippen molar-refractivity contribution in [2.75, 3.05) is 22.6 Å². The molecule has 0 spiro atoms. The SMILES string of the molecule is C=C(C(=O)Nc1ccc(Oc2ccnc(NC(=O)CC(C)C(C)C3CC4CC(O)CC4C3)c2)cc1C)C(=O)N(C)c1ccc(F)cc1.